The van der Waals surface area contributed by atoms with Crippen LogP contribution in [0.25, 0.3) is 0 Å². The van der Waals surface area contributed by atoms with E-state index in [-0.39, 0.29) is 5.91 Å². The summed E-state index contributed by atoms with van der Waals surface area (Å²) in [4.78, 5) is 15.2. The third-order valence-electron chi connectivity index (χ3n) is 3.34. The molecule has 1 amide bonds. The number of carbonyl (C=O) groups excluding carboxylic acids is 1. The fourth-order valence-electron chi connectivity index (χ4n) is 2.28. The maximum absolute atomic E-state index is 12.2. The molecule has 1 N–H and O–H groups in total. The molecule has 1 saturated heterocycles. The smallest absolute Gasteiger partial charge is 0.253 e. The topological polar surface area (TPSA) is 32.3 Å². The maximum Gasteiger partial charge on any atom is 0.253 e. The molecule has 1 heterocycles. The number of amides is 1. The lowest BCUT2D eigenvalue weighted by molar-refractivity contribution is 0.0784. The standard InChI is InChI=1S/C14H20N2OS/c1-16(10-12-4-3-9-15-12)14(17)11-5-7-13(18-2)8-6-11/h5-8,12,15H,3-4,9-10H2,1-2H3. The molecule has 1 aromatic carbocycles. The summed E-state index contributed by atoms with van der Waals surface area (Å²) < 4.78 is 0. The lowest BCUT2D eigenvalue weighted by atomic mass is 10.1. The fraction of sp³-hybridized carbons (Fsp3) is 0.500. The SMILES string of the molecule is CSc1ccc(C(=O)N(C)CC2CCCN2)cc1. The van der Waals surface area contributed by atoms with Crippen LogP contribution in [0.3, 0.4) is 0 Å². The summed E-state index contributed by atoms with van der Waals surface area (Å²) >= 11 is 1.69. The average Bonchev–Trinajstić information content (AvgIpc) is 2.91. The van der Waals surface area contributed by atoms with Crippen molar-refractivity contribution < 1.29 is 4.79 Å². The molecule has 0 radical (unpaired) electrons. The van der Waals surface area contributed by atoms with Crippen molar-refractivity contribution in [1.29, 1.82) is 0 Å². The first kappa shape index (κ1) is 13.4. The number of thioether (sulfide) groups is 1. The van der Waals surface area contributed by atoms with Crippen molar-refractivity contribution in [2.24, 2.45) is 0 Å². The Morgan fingerprint density at radius 3 is 2.72 bits per heavy atom. The van der Waals surface area contributed by atoms with Crippen LogP contribution < -0.4 is 5.32 Å². The molecular weight excluding hydrogens is 244 g/mol. The Labute approximate surface area is 113 Å². The molecule has 0 bridgehead atoms. The molecule has 1 aliphatic heterocycles. The van der Waals surface area contributed by atoms with Gasteiger partial charge < -0.3 is 10.2 Å². The second kappa shape index (κ2) is 6.25. The Morgan fingerprint density at radius 2 is 2.17 bits per heavy atom. The fourth-order valence-corrected chi connectivity index (χ4v) is 2.69. The zero-order valence-corrected chi connectivity index (χ0v) is 11.8. The van der Waals surface area contributed by atoms with Crippen LogP contribution >= 0.6 is 11.8 Å². The number of rotatable bonds is 4. The van der Waals surface area contributed by atoms with Gasteiger partial charge in [0.1, 0.15) is 0 Å². The van der Waals surface area contributed by atoms with Gasteiger partial charge in [-0.2, -0.15) is 0 Å². The summed E-state index contributed by atoms with van der Waals surface area (Å²) in [6.07, 6.45) is 4.42. The lowest BCUT2D eigenvalue weighted by Gasteiger charge is -2.21. The quantitative estimate of drug-likeness (QED) is 0.846. The molecule has 4 heteroatoms. The molecule has 0 saturated carbocycles. The highest BCUT2D eigenvalue weighted by Gasteiger charge is 2.19. The third kappa shape index (κ3) is 3.27. The van der Waals surface area contributed by atoms with E-state index in [9.17, 15) is 4.79 Å². The minimum atomic E-state index is 0.108. The van der Waals surface area contributed by atoms with Crippen LogP contribution in [0.15, 0.2) is 29.2 Å². The number of hydrogen-bond donors (Lipinski definition) is 1. The zero-order valence-electron chi connectivity index (χ0n) is 11.0. The van der Waals surface area contributed by atoms with Crippen LogP contribution in [-0.2, 0) is 0 Å². The van der Waals surface area contributed by atoms with Gasteiger partial charge in [0, 0.05) is 30.1 Å². The predicted octanol–water partition coefficient (Wildman–Crippen LogP) is 2.23. The summed E-state index contributed by atoms with van der Waals surface area (Å²) in [6, 6.07) is 8.28. The van der Waals surface area contributed by atoms with Crippen LogP contribution in [-0.4, -0.2) is 43.2 Å². The molecule has 1 aromatic rings. The van der Waals surface area contributed by atoms with Crippen molar-refractivity contribution in [3.63, 3.8) is 0 Å². The summed E-state index contributed by atoms with van der Waals surface area (Å²) in [5.41, 5.74) is 0.772. The van der Waals surface area contributed by atoms with Crippen molar-refractivity contribution in [2.75, 3.05) is 26.4 Å². The molecule has 0 aromatic heterocycles. The summed E-state index contributed by atoms with van der Waals surface area (Å²) in [5.74, 6) is 0.108. The van der Waals surface area contributed by atoms with Crippen LogP contribution in [0.5, 0.6) is 0 Å². The van der Waals surface area contributed by atoms with E-state index in [0.717, 1.165) is 18.7 Å². The molecule has 18 heavy (non-hydrogen) atoms. The molecule has 1 aliphatic rings. The molecule has 0 aliphatic carbocycles. The van der Waals surface area contributed by atoms with Crippen LogP contribution in [0.2, 0.25) is 0 Å². The highest BCUT2D eigenvalue weighted by atomic mass is 32.2. The minimum Gasteiger partial charge on any atom is -0.340 e. The van der Waals surface area contributed by atoms with E-state index in [1.165, 1.54) is 17.7 Å². The molecule has 0 spiro atoms. The number of benzene rings is 1. The number of carbonyl (C=O) groups is 1. The third-order valence-corrected chi connectivity index (χ3v) is 4.08. The van der Waals surface area contributed by atoms with Gasteiger partial charge in [0.25, 0.3) is 5.91 Å². The summed E-state index contributed by atoms with van der Waals surface area (Å²) in [7, 11) is 1.88. The zero-order chi connectivity index (χ0) is 13.0. The Kier molecular flexibility index (Phi) is 4.66. The second-order valence-electron chi connectivity index (χ2n) is 4.71. The van der Waals surface area contributed by atoms with E-state index < -0.39 is 0 Å². The largest absolute Gasteiger partial charge is 0.340 e. The Hall–Kier alpha value is -1.00. The highest BCUT2D eigenvalue weighted by molar-refractivity contribution is 7.98. The van der Waals surface area contributed by atoms with Gasteiger partial charge >= 0.3 is 0 Å². The first-order chi connectivity index (χ1) is 8.70. The molecule has 98 valence electrons. The molecular formula is C14H20N2OS. The number of likely N-dealkylation sites (N-methyl/N-ethyl adjacent to an activating group) is 1. The lowest BCUT2D eigenvalue weighted by Crippen LogP contribution is -2.38. The molecule has 1 unspecified atom stereocenters. The minimum absolute atomic E-state index is 0.108. The normalized spacial score (nSPS) is 18.9. The first-order valence-electron chi connectivity index (χ1n) is 6.33. The van der Waals surface area contributed by atoms with Gasteiger partial charge in [-0.1, -0.05) is 0 Å². The molecule has 2 rings (SSSR count). The number of hydrogen-bond acceptors (Lipinski definition) is 3. The van der Waals surface area contributed by atoms with Gasteiger partial charge in [0.15, 0.2) is 0 Å². The monoisotopic (exact) mass is 264 g/mol. The average molecular weight is 264 g/mol. The molecule has 3 nitrogen and oxygen atoms in total. The van der Waals surface area contributed by atoms with Crippen LogP contribution in [0, 0.1) is 0 Å². The van der Waals surface area contributed by atoms with E-state index in [1.54, 1.807) is 11.8 Å². The van der Waals surface area contributed by atoms with Crippen LogP contribution in [0.1, 0.15) is 23.2 Å². The van der Waals surface area contributed by atoms with E-state index in [2.05, 4.69) is 5.32 Å². The Morgan fingerprint density at radius 1 is 1.44 bits per heavy atom. The molecule has 1 atom stereocenters. The van der Waals surface area contributed by atoms with Gasteiger partial charge in [-0.15, -0.1) is 11.8 Å². The van der Waals surface area contributed by atoms with Crippen molar-refractivity contribution in [3.05, 3.63) is 29.8 Å². The van der Waals surface area contributed by atoms with Gasteiger partial charge in [-0.3, -0.25) is 4.79 Å². The predicted molar refractivity (Wildman–Crippen MR) is 76.2 cm³/mol. The first-order valence-corrected chi connectivity index (χ1v) is 7.56. The summed E-state index contributed by atoms with van der Waals surface area (Å²) in [6.45, 7) is 1.87. The van der Waals surface area contributed by atoms with Gasteiger partial charge in [0.05, 0.1) is 0 Å². The number of nitrogens with zero attached hydrogens (tertiary/aromatic N) is 1. The highest BCUT2D eigenvalue weighted by Crippen LogP contribution is 2.16. The number of nitrogens with one attached hydrogen (secondary N) is 1. The van der Waals surface area contributed by atoms with E-state index >= 15 is 0 Å². The van der Waals surface area contributed by atoms with Crippen molar-refractivity contribution in [3.8, 4) is 0 Å². The van der Waals surface area contributed by atoms with Gasteiger partial charge in [0.2, 0.25) is 0 Å². The Balaban J connectivity index is 1.95. The van der Waals surface area contributed by atoms with Crippen molar-refractivity contribution >= 4 is 17.7 Å². The Bertz CT molecular complexity index is 399. The van der Waals surface area contributed by atoms with E-state index in [4.69, 9.17) is 0 Å². The summed E-state index contributed by atoms with van der Waals surface area (Å²) in [5, 5.41) is 3.41. The van der Waals surface area contributed by atoms with E-state index in [1.807, 2.05) is 42.5 Å². The van der Waals surface area contributed by atoms with Crippen LogP contribution in [0.4, 0.5) is 0 Å². The van der Waals surface area contributed by atoms with Crippen molar-refractivity contribution in [1.82, 2.24) is 10.2 Å². The van der Waals surface area contributed by atoms with Gasteiger partial charge in [-0.05, 0) is 49.9 Å². The maximum atomic E-state index is 12.2. The van der Waals surface area contributed by atoms with E-state index in [0.29, 0.717) is 6.04 Å². The molecule has 1 fully saturated rings. The van der Waals surface area contributed by atoms with Crippen molar-refractivity contribution in [2.45, 2.75) is 23.8 Å². The second-order valence-corrected chi connectivity index (χ2v) is 5.59. The van der Waals surface area contributed by atoms with Gasteiger partial charge in [-0.25, -0.2) is 0 Å².